The van der Waals surface area contributed by atoms with E-state index in [0.717, 1.165) is 0 Å². The Balaban J connectivity index is 4.77. The predicted molar refractivity (Wildman–Crippen MR) is 92.4 cm³/mol. The van der Waals surface area contributed by atoms with Gasteiger partial charge in [0.2, 0.25) is 17.7 Å². The van der Waals surface area contributed by atoms with Gasteiger partial charge in [0, 0.05) is 0 Å². The summed E-state index contributed by atoms with van der Waals surface area (Å²) in [5.74, 6) is -3.19. The predicted octanol–water partition coefficient (Wildman–Crippen LogP) is -0.794. The van der Waals surface area contributed by atoms with Crippen molar-refractivity contribution in [3.05, 3.63) is 0 Å². The molecule has 0 aliphatic heterocycles. The Hall–Kier alpha value is -2.16. The van der Waals surface area contributed by atoms with Crippen molar-refractivity contribution in [2.45, 2.75) is 59.2 Å². The largest absolute Gasteiger partial charge is 0.480 e. The highest BCUT2D eigenvalue weighted by Gasteiger charge is 2.28. The Bertz CT molecular complexity index is 493. The molecule has 0 bridgehead atoms. The number of carboxylic acids is 1. The number of hydrogen-bond acceptors (Lipinski definition) is 5. The monoisotopic (exact) mass is 358 g/mol. The van der Waals surface area contributed by atoms with Gasteiger partial charge < -0.3 is 26.8 Å². The molecule has 0 heterocycles. The molecule has 0 aliphatic carbocycles. The second-order valence-electron chi connectivity index (χ2n) is 6.51. The Labute approximate surface area is 148 Å². The van der Waals surface area contributed by atoms with Gasteiger partial charge in [0.25, 0.3) is 0 Å². The third kappa shape index (κ3) is 7.97. The van der Waals surface area contributed by atoms with Crippen LogP contribution in [-0.4, -0.2) is 53.5 Å². The van der Waals surface area contributed by atoms with Gasteiger partial charge in [-0.3, -0.25) is 14.4 Å². The van der Waals surface area contributed by atoms with E-state index in [1.54, 1.807) is 20.8 Å². The number of carboxylic acid groups (broad SMARTS) is 1. The first-order valence-electron chi connectivity index (χ1n) is 8.37. The standard InChI is InChI=1S/C16H30N4O5/c1-6-9(4)13(20-14(22)10(5)17)15(23)18-7-11(21)19-12(8(2)3)16(24)25/h8-10,12-13H,6-7,17H2,1-5H3,(H,18,23)(H,19,21)(H,20,22)(H,24,25). The van der Waals surface area contributed by atoms with Crippen molar-refractivity contribution in [2.75, 3.05) is 6.54 Å². The van der Waals surface area contributed by atoms with E-state index in [2.05, 4.69) is 16.0 Å². The molecule has 9 heteroatoms. The molecule has 4 atom stereocenters. The summed E-state index contributed by atoms with van der Waals surface area (Å²) >= 11 is 0. The third-order valence-corrected chi connectivity index (χ3v) is 3.88. The first-order chi connectivity index (χ1) is 11.5. The lowest BCUT2D eigenvalue weighted by Gasteiger charge is -2.24. The van der Waals surface area contributed by atoms with Gasteiger partial charge in [-0.2, -0.15) is 0 Å². The van der Waals surface area contributed by atoms with Crippen molar-refractivity contribution in [1.29, 1.82) is 0 Å². The van der Waals surface area contributed by atoms with Crippen LogP contribution in [0.25, 0.3) is 0 Å². The Kier molecular flexibility index (Phi) is 9.73. The van der Waals surface area contributed by atoms with E-state index < -0.39 is 41.8 Å². The van der Waals surface area contributed by atoms with Crippen LogP contribution in [0.1, 0.15) is 41.0 Å². The van der Waals surface area contributed by atoms with Gasteiger partial charge >= 0.3 is 5.97 Å². The summed E-state index contributed by atoms with van der Waals surface area (Å²) in [4.78, 5) is 47.0. The van der Waals surface area contributed by atoms with Crippen LogP contribution in [-0.2, 0) is 19.2 Å². The van der Waals surface area contributed by atoms with Crippen molar-refractivity contribution in [2.24, 2.45) is 17.6 Å². The molecule has 0 saturated heterocycles. The van der Waals surface area contributed by atoms with Gasteiger partial charge in [0.05, 0.1) is 12.6 Å². The minimum atomic E-state index is -1.14. The molecule has 0 aromatic rings. The van der Waals surface area contributed by atoms with Gasteiger partial charge in [0.15, 0.2) is 0 Å². The van der Waals surface area contributed by atoms with Crippen LogP contribution in [0, 0.1) is 11.8 Å². The lowest BCUT2D eigenvalue weighted by Crippen LogP contribution is -2.55. The smallest absolute Gasteiger partial charge is 0.326 e. The fraction of sp³-hybridized carbons (Fsp3) is 0.750. The van der Waals surface area contributed by atoms with Gasteiger partial charge in [-0.05, 0) is 18.8 Å². The van der Waals surface area contributed by atoms with Crippen molar-refractivity contribution in [3.8, 4) is 0 Å². The molecule has 0 aromatic heterocycles. The SMILES string of the molecule is CCC(C)C(NC(=O)C(C)N)C(=O)NCC(=O)NC(C(=O)O)C(C)C. The number of nitrogens with two attached hydrogens (primary N) is 1. The zero-order chi connectivity index (χ0) is 19.7. The summed E-state index contributed by atoms with van der Waals surface area (Å²) in [6.45, 7) is 8.13. The molecule has 0 rings (SSSR count). The summed E-state index contributed by atoms with van der Waals surface area (Å²) in [6.07, 6.45) is 0.637. The summed E-state index contributed by atoms with van der Waals surface area (Å²) in [5.41, 5.74) is 5.50. The molecule has 0 spiro atoms. The maximum absolute atomic E-state index is 12.3. The number of hydrogen-bond donors (Lipinski definition) is 5. The van der Waals surface area contributed by atoms with Crippen molar-refractivity contribution >= 4 is 23.7 Å². The molecule has 0 saturated carbocycles. The van der Waals surface area contributed by atoms with Gasteiger partial charge in [0.1, 0.15) is 12.1 Å². The zero-order valence-electron chi connectivity index (χ0n) is 15.5. The lowest BCUT2D eigenvalue weighted by atomic mass is 9.98. The third-order valence-electron chi connectivity index (χ3n) is 3.88. The first kappa shape index (κ1) is 22.8. The number of carbonyl (C=O) groups excluding carboxylic acids is 3. The fourth-order valence-corrected chi connectivity index (χ4v) is 2.00. The van der Waals surface area contributed by atoms with E-state index in [9.17, 15) is 19.2 Å². The molecule has 0 aliphatic rings. The quantitative estimate of drug-likeness (QED) is 0.345. The second kappa shape index (κ2) is 10.7. The number of aliphatic carboxylic acids is 1. The van der Waals surface area contributed by atoms with E-state index >= 15 is 0 Å². The summed E-state index contributed by atoms with van der Waals surface area (Å²) < 4.78 is 0. The molecule has 9 nitrogen and oxygen atoms in total. The van der Waals surface area contributed by atoms with Crippen LogP contribution in [0.2, 0.25) is 0 Å². The normalized spacial score (nSPS) is 15.6. The maximum atomic E-state index is 12.3. The highest BCUT2D eigenvalue weighted by Crippen LogP contribution is 2.08. The number of rotatable bonds is 10. The van der Waals surface area contributed by atoms with E-state index in [4.69, 9.17) is 10.8 Å². The molecule has 0 radical (unpaired) electrons. The van der Waals surface area contributed by atoms with E-state index in [1.807, 2.05) is 6.92 Å². The molecule has 3 amide bonds. The molecule has 0 aromatic carbocycles. The zero-order valence-corrected chi connectivity index (χ0v) is 15.5. The molecule has 6 N–H and O–H groups in total. The van der Waals surface area contributed by atoms with Gasteiger partial charge in [-0.25, -0.2) is 4.79 Å². The first-order valence-corrected chi connectivity index (χ1v) is 8.37. The number of nitrogens with one attached hydrogen (secondary N) is 3. The van der Waals surface area contributed by atoms with Crippen molar-refractivity contribution in [1.82, 2.24) is 16.0 Å². The highest BCUT2D eigenvalue weighted by atomic mass is 16.4. The van der Waals surface area contributed by atoms with E-state index in [1.165, 1.54) is 6.92 Å². The Morgan fingerprint density at radius 1 is 0.960 bits per heavy atom. The Morgan fingerprint density at radius 2 is 1.52 bits per heavy atom. The fourth-order valence-electron chi connectivity index (χ4n) is 2.00. The second-order valence-corrected chi connectivity index (χ2v) is 6.51. The highest BCUT2D eigenvalue weighted by molar-refractivity contribution is 5.92. The number of amides is 3. The molecule has 144 valence electrons. The van der Waals surface area contributed by atoms with Gasteiger partial charge in [-0.15, -0.1) is 0 Å². The molecule has 0 fully saturated rings. The van der Waals surface area contributed by atoms with Crippen LogP contribution in [0.5, 0.6) is 0 Å². The molecular weight excluding hydrogens is 328 g/mol. The van der Waals surface area contributed by atoms with Crippen molar-refractivity contribution < 1.29 is 24.3 Å². The average Bonchev–Trinajstić information content (AvgIpc) is 2.53. The lowest BCUT2D eigenvalue weighted by molar-refractivity contribution is -0.143. The molecule has 25 heavy (non-hydrogen) atoms. The van der Waals surface area contributed by atoms with Crippen LogP contribution in [0.4, 0.5) is 0 Å². The number of carbonyl (C=O) groups is 4. The van der Waals surface area contributed by atoms with Crippen LogP contribution in [0.15, 0.2) is 0 Å². The maximum Gasteiger partial charge on any atom is 0.326 e. The van der Waals surface area contributed by atoms with Gasteiger partial charge in [-0.1, -0.05) is 34.1 Å². The van der Waals surface area contributed by atoms with Crippen LogP contribution < -0.4 is 21.7 Å². The van der Waals surface area contributed by atoms with Crippen LogP contribution >= 0.6 is 0 Å². The Morgan fingerprint density at radius 3 is 1.92 bits per heavy atom. The average molecular weight is 358 g/mol. The summed E-state index contributed by atoms with van der Waals surface area (Å²) in [5, 5.41) is 16.4. The van der Waals surface area contributed by atoms with Crippen molar-refractivity contribution in [3.63, 3.8) is 0 Å². The summed E-state index contributed by atoms with van der Waals surface area (Å²) in [6, 6.07) is -2.62. The molecule has 4 unspecified atom stereocenters. The minimum Gasteiger partial charge on any atom is -0.480 e. The topological polar surface area (TPSA) is 151 Å². The van der Waals surface area contributed by atoms with E-state index in [0.29, 0.717) is 6.42 Å². The minimum absolute atomic E-state index is 0.159. The summed E-state index contributed by atoms with van der Waals surface area (Å²) in [7, 11) is 0. The molecular formula is C16H30N4O5. The van der Waals surface area contributed by atoms with Crippen LogP contribution in [0.3, 0.4) is 0 Å². The van der Waals surface area contributed by atoms with E-state index in [-0.39, 0.29) is 18.4 Å².